The average Bonchev–Trinajstić information content (AvgIpc) is 2.98. The molecular weight excluding hydrogens is 543 g/mol. The minimum absolute atomic E-state index is 0.107. The van der Waals surface area contributed by atoms with E-state index in [0.29, 0.717) is 22.0 Å². The molecule has 0 aromatic heterocycles. The number of methoxy groups -OCH3 is 1. The van der Waals surface area contributed by atoms with Gasteiger partial charge in [-0.1, -0.05) is 78.7 Å². The van der Waals surface area contributed by atoms with Crippen molar-refractivity contribution in [2.75, 3.05) is 26.7 Å². The molecule has 0 saturated carbocycles. The van der Waals surface area contributed by atoms with E-state index < -0.39 is 0 Å². The highest BCUT2D eigenvalue weighted by Gasteiger charge is 2.33. The van der Waals surface area contributed by atoms with E-state index in [4.69, 9.17) is 27.9 Å². The first kappa shape index (κ1) is 30.1. The quantitative estimate of drug-likeness (QED) is 0.238. The summed E-state index contributed by atoms with van der Waals surface area (Å²) in [5.74, 6) is -0.273. The molecule has 1 saturated heterocycles. The summed E-state index contributed by atoms with van der Waals surface area (Å²) in [5, 5.41) is 4.43. The van der Waals surface area contributed by atoms with Crippen LogP contribution in [-0.2, 0) is 14.9 Å². The van der Waals surface area contributed by atoms with Crippen LogP contribution in [0.4, 0.5) is 0 Å². The summed E-state index contributed by atoms with van der Waals surface area (Å²) >= 11 is 12.3. The number of carbonyl (C=O) groups is 2. The molecular formula is C33H38Cl2N2O3. The van der Waals surface area contributed by atoms with E-state index >= 15 is 0 Å². The number of nitrogens with one attached hydrogen (secondary N) is 1. The third-order valence-corrected chi connectivity index (χ3v) is 8.69. The zero-order valence-electron chi connectivity index (χ0n) is 23.3. The zero-order valence-corrected chi connectivity index (χ0v) is 24.8. The number of benzene rings is 3. The number of nitrogens with zero attached hydrogens (tertiary/aromatic N) is 1. The lowest BCUT2D eigenvalue weighted by molar-refractivity contribution is -0.142. The first-order valence-corrected chi connectivity index (χ1v) is 14.8. The van der Waals surface area contributed by atoms with Crippen molar-refractivity contribution in [3.63, 3.8) is 0 Å². The number of ether oxygens (including phenoxy) is 1. The zero-order chi connectivity index (χ0) is 28.5. The monoisotopic (exact) mass is 580 g/mol. The lowest BCUT2D eigenvalue weighted by Gasteiger charge is -2.35. The normalized spacial score (nSPS) is 15.8. The molecule has 1 unspecified atom stereocenters. The molecule has 1 atom stereocenters. The van der Waals surface area contributed by atoms with Crippen LogP contribution in [0.15, 0.2) is 72.8 Å². The molecule has 1 amide bonds. The average molecular weight is 582 g/mol. The van der Waals surface area contributed by atoms with E-state index in [2.05, 4.69) is 29.3 Å². The van der Waals surface area contributed by atoms with Crippen LogP contribution in [0.1, 0.15) is 61.4 Å². The third-order valence-electron chi connectivity index (χ3n) is 8.21. The highest BCUT2D eigenvalue weighted by Crippen LogP contribution is 2.37. The van der Waals surface area contributed by atoms with E-state index in [1.807, 2.05) is 48.5 Å². The molecule has 212 valence electrons. The Morgan fingerprint density at radius 1 is 0.975 bits per heavy atom. The molecule has 1 N–H and O–H groups in total. The highest BCUT2D eigenvalue weighted by atomic mass is 35.5. The van der Waals surface area contributed by atoms with Gasteiger partial charge >= 0.3 is 5.97 Å². The van der Waals surface area contributed by atoms with Crippen LogP contribution < -0.4 is 5.32 Å². The number of hydrogen-bond acceptors (Lipinski definition) is 4. The number of piperidine rings is 1. The van der Waals surface area contributed by atoms with Crippen molar-refractivity contribution in [1.82, 2.24) is 10.2 Å². The molecule has 4 rings (SSSR count). The van der Waals surface area contributed by atoms with Gasteiger partial charge in [0.25, 0.3) is 5.91 Å². The molecule has 1 heterocycles. The van der Waals surface area contributed by atoms with Gasteiger partial charge in [0.05, 0.1) is 13.5 Å². The molecule has 3 aromatic carbocycles. The molecule has 1 aliphatic heterocycles. The maximum Gasteiger partial charge on any atom is 0.306 e. The van der Waals surface area contributed by atoms with Crippen molar-refractivity contribution < 1.29 is 14.3 Å². The van der Waals surface area contributed by atoms with E-state index in [0.717, 1.165) is 62.9 Å². The van der Waals surface area contributed by atoms with Gasteiger partial charge in [-0.05, 0) is 79.6 Å². The smallest absolute Gasteiger partial charge is 0.306 e. The lowest BCUT2D eigenvalue weighted by atomic mass is 9.72. The van der Waals surface area contributed by atoms with E-state index in [9.17, 15) is 9.59 Å². The largest absolute Gasteiger partial charge is 0.469 e. The van der Waals surface area contributed by atoms with Gasteiger partial charge in [0.1, 0.15) is 0 Å². The molecule has 40 heavy (non-hydrogen) atoms. The first-order valence-electron chi connectivity index (χ1n) is 14.0. The number of likely N-dealkylation sites (tertiary alicyclic amines) is 1. The Hall–Kier alpha value is -2.86. The molecule has 1 aliphatic rings. The number of hydrogen-bond donors (Lipinski definition) is 1. The molecule has 1 fully saturated rings. The van der Waals surface area contributed by atoms with Crippen molar-refractivity contribution in [2.45, 2.75) is 56.9 Å². The molecule has 3 aromatic rings. The van der Waals surface area contributed by atoms with E-state index in [1.54, 1.807) is 12.1 Å². The van der Waals surface area contributed by atoms with Crippen molar-refractivity contribution in [1.29, 1.82) is 0 Å². The van der Waals surface area contributed by atoms with Gasteiger partial charge in [0.2, 0.25) is 0 Å². The Labute approximate surface area is 247 Å². The fourth-order valence-corrected chi connectivity index (χ4v) is 6.07. The number of carbonyl (C=O) groups excluding carboxylic acids is 2. The standard InChI is InChI=1S/C33H38Cl2N2O3/c1-3-33(23-31(38)40-2,25-8-5-4-6-9-25)18-7-19-37-20-16-28(17-21-37)36-32(39)30-22-27(35)14-15-29(30)24-10-12-26(34)13-11-24/h4-6,8-15,22,28H,3,7,16-21,23H2,1-2H3,(H,36,39). The predicted molar refractivity (Wildman–Crippen MR) is 163 cm³/mol. The summed E-state index contributed by atoms with van der Waals surface area (Å²) in [6, 6.07) is 23.3. The van der Waals surface area contributed by atoms with Crippen molar-refractivity contribution >= 4 is 35.1 Å². The Morgan fingerprint density at radius 2 is 1.65 bits per heavy atom. The van der Waals surface area contributed by atoms with Crippen molar-refractivity contribution in [3.8, 4) is 11.1 Å². The lowest BCUT2D eigenvalue weighted by Crippen LogP contribution is -2.45. The predicted octanol–water partition coefficient (Wildman–Crippen LogP) is 7.55. The SMILES string of the molecule is CCC(CCCN1CCC(NC(=O)c2cc(Cl)ccc2-c2ccc(Cl)cc2)CC1)(CC(=O)OC)c1ccccc1. The second-order valence-electron chi connectivity index (χ2n) is 10.6. The molecule has 7 heteroatoms. The van der Waals surface area contributed by atoms with Gasteiger partial charge < -0.3 is 15.0 Å². The summed E-state index contributed by atoms with van der Waals surface area (Å²) in [5.41, 5.74) is 3.30. The summed E-state index contributed by atoms with van der Waals surface area (Å²) in [6.45, 7) is 4.96. The number of rotatable bonds is 11. The van der Waals surface area contributed by atoms with E-state index in [-0.39, 0.29) is 23.3 Å². The topological polar surface area (TPSA) is 58.6 Å². The molecule has 0 radical (unpaired) electrons. The van der Waals surface area contributed by atoms with Crippen molar-refractivity contribution in [3.05, 3.63) is 94.0 Å². The van der Waals surface area contributed by atoms with Gasteiger partial charge in [-0.3, -0.25) is 9.59 Å². The van der Waals surface area contributed by atoms with Crippen LogP contribution in [-0.4, -0.2) is 49.6 Å². The molecule has 0 spiro atoms. The second kappa shape index (κ2) is 14.2. The fraction of sp³-hybridized carbons (Fsp3) is 0.394. The maximum absolute atomic E-state index is 13.3. The van der Waals surface area contributed by atoms with Crippen LogP contribution in [0.25, 0.3) is 11.1 Å². The highest BCUT2D eigenvalue weighted by molar-refractivity contribution is 6.31. The Morgan fingerprint density at radius 3 is 2.30 bits per heavy atom. The summed E-state index contributed by atoms with van der Waals surface area (Å²) < 4.78 is 5.05. The Balaban J connectivity index is 1.32. The Kier molecular flexibility index (Phi) is 10.7. The second-order valence-corrected chi connectivity index (χ2v) is 11.5. The van der Waals surface area contributed by atoms with Gasteiger partial charge in [-0.25, -0.2) is 0 Å². The number of amides is 1. The van der Waals surface area contributed by atoms with Gasteiger partial charge in [-0.15, -0.1) is 0 Å². The minimum atomic E-state index is -0.223. The van der Waals surface area contributed by atoms with Crippen LogP contribution in [0.3, 0.4) is 0 Å². The maximum atomic E-state index is 13.3. The minimum Gasteiger partial charge on any atom is -0.469 e. The van der Waals surface area contributed by atoms with Crippen LogP contribution >= 0.6 is 23.2 Å². The van der Waals surface area contributed by atoms with Crippen molar-refractivity contribution in [2.24, 2.45) is 0 Å². The summed E-state index contributed by atoms with van der Waals surface area (Å²) in [6.07, 6.45) is 4.96. The third kappa shape index (κ3) is 7.66. The van der Waals surface area contributed by atoms with Gasteiger partial charge in [-0.2, -0.15) is 0 Å². The van der Waals surface area contributed by atoms with Crippen LogP contribution in [0.5, 0.6) is 0 Å². The van der Waals surface area contributed by atoms with Crippen LogP contribution in [0, 0.1) is 0 Å². The Bertz CT molecular complexity index is 1270. The van der Waals surface area contributed by atoms with Gasteiger partial charge in [0.15, 0.2) is 0 Å². The van der Waals surface area contributed by atoms with E-state index in [1.165, 1.54) is 12.7 Å². The molecule has 0 aliphatic carbocycles. The molecule has 5 nitrogen and oxygen atoms in total. The van der Waals surface area contributed by atoms with Crippen LogP contribution in [0.2, 0.25) is 10.0 Å². The number of halogens is 2. The summed E-state index contributed by atoms with van der Waals surface area (Å²) in [4.78, 5) is 28.1. The van der Waals surface area contributed by atoms with Gasteiger partial charge in [0, 0.05) is 40.2 Å². The molecule has 0 bridgehead atoms. The first-order chi connectivity index (χ1) is 19.3. The summed E-state index contributed by atoms with van der Waals surface area (Å²) in [7, 11) is 1.46. The fourth-order valence-electron chi connectivity index (χ4n) is 5.77. The number of esters is 1.